The molecule has 112 valence electrons. The van der Waals surface area contributed by atoms with Gasteiger partial charge in [-0.1, -0.05) is 41.9 Å². The van der Waals surface area contributed by atoms with Gasteiger partial charge in [-0.2, -0.15) is 0 Å². The maximum atomic E-state index is 13.1. The molecule has 0 radical (unpaired) electrons. The second kappa shape index (κ2) is 5.59. The van der Waals surface area contributed by atoms with Crippen molar-refractivity contribution >= 4 is 22.4 Å². The minimum Gasteiger partial charge on any atom is -0.323 e. The van der Waals surface area contributed by atoms with Crippen molar-refractivity contribution in [1.82, 2.24) is 4.57 Å². The molecule has 0 unspecified atom stereocenters. The Morgan fingerprint density at radius 2 is 1.82 bits per heavy atom. The van der Waals surface area contributed by atoms with Crippen molar-refractivity contribution in [2.75, 3.05) is 0 Å². The van der Waals surface area contributed by atoms with Gasteiger partial charge in [-0.3, -0.25) is 9.36 Å². The molecule has 3 nitrogen and oxygen atoms in total. The summed E-state index contributed by atoms with van der Waals surface area (Å²) in [4.78, 5) is 13.1. The number of fused-ring (bicyclic) bond motifs is 1. The topological polar surface area (TPSA) is 48.0 Å². The van der Waals surface area contributed by atoms with Crippen molar-refractivity contribution in [1.29, 1.82) is 0 Å². The Hall–Kier alpha value is -2.10. The molecule has 1 heterocycles. The van der Waals surface area contributed by atoms with Gasteiger partial charge in [0.05, 0.1) is 10.4 Å². The summed E-state index contributed by atoms with van der Waals surface area (Å²) in [5.41, 5.74) is 8.40. The molecule has 0 bridgehead atoms. The number of hydrogen-bond donors (Lipinski definition) is 1. The van der Waals surface area contributed by atoms with E-state index in [-0.39, 0.29) is 11.6 Å². The third kappa shape index (κ3) is 2.32. The quantitative estimate of drug-likeness (QED) is 0.778. The third-order valence-electron chi connectivity index (χ3n) is 3.83. The predicted molar refractivity (Wildman–Crippen MR) is 91.9 cm³/mol. The number of para-hydroxylation sites is 1. The summed E-state index contributed by atoms with van der Waals surface area (Å²) in [6.45, 7) is 3.77. The number of aryl methyl sites for hydroxylation is 1. The van der Waals surface area contributed by atoms with Crippen LogP contribution in [0.4, 0.5) is 0 Å². The maximum absolute atomic E-state index is 13.1. The SMILES string of the molecule is Cc1ccc2cc([C@H](C)N)n(-c3ccccc3)c(=O)c2c1Cl. The van der Waals surface area contributed by atoms with Crippen LogP contribution in [0.3, 0.4) is 0 Å². The fraction of sp³-hybridized carbons (Fsp3) is 0.167. The molecule has 2 N–H and O–H groups in total. The van der Waals surface area contributed by atoms with Gasteiger partial charge >= 0.3 is 0 Å². The van der Waals surface area contributed by atoms with Gasteiger partial charge in [-0.15, -0.1) is 0 Å². The van der Waals surface area contributed by atoms with Gasteiger partial charge in [0.25, 0.3) is 5.56 Å². The summed E-state index contributed by atoms with van der Waals surface area (Å²) >= 11 is 6.38. The lowest BCUT2D eigenvalue weighted by molar-refractivity contribution is 0.734. The first kappa shape index (κ1) is 14.8. The van der Waals surface area contributed by atoms with E-state index in [4.69, 9.17) is 17.3 Å². The van der Waals surface area contributed by atoms with Gasteiger partial charge < -0.3 is 5.73 Å². The highest BCUT2D eigenvalue weighted by atomic mass is 35.5. The van der Waals surface area contributed by atoms with E-state index in [0.717, 1.165) is 22.3 Å². The Balaban J connectivity index is 2.49. The molecule has 0 fully saturated rings. The first-order valence-corrected chi connectivity index (χ1v) is 7.54. The number of halogens is 1. The molecular formula is C18H17ClN2O. The molecular weight excluding hydrogens is 296 g/mol. The maximum Gasteiger partial charge on any atom is 0.264 e. The number of aromatic nitrogens is 1. The van der Waals surface area contributed by atoms with Gasteiger partial charge in [0.1, 0.15) is 0 Å². The highest BCUT2D eigenvalue weighted by Gasteiger charge is 2.16. The number of nitrogens with two attached hydrogens (primary N) is 1. The minimum atomic E-state index is -0.266. The van der Waals surface area contributed by atoms with E-state index in [9.17, 15) is 4.79 Å². The van der Waals surface area contributed by atoms with Crippen molar-refractivity contribution in [3.8, 4) is 5.69 Å². The zero-order valence-corrected chi connectivity index (χ0v) is 13.3. The molecule has 2 aromatic carbocycles. The molecule has 0 spiro atoms. The monoisotopic (exact) mass is 312 g/mol. The van der Waals surface area contributed by atoms with Crippen LogP contribution in [-0.4, -0.2) is 4.57 Å². The van der Waals surface area contributed by atoms with E-state index < -0.39 is 0 Å². The van der Waals surface area contributed by atoms with Gasteiger partial charge in [-0.25, -0.2) is 0 Å². The second-order valence-electron chi connectivity index (χ2n) is 5.49. The van der Waals surface area contributed by atoms with E-state index >= 15 is 0 Å². The van der Waals surface area contributed by atoms with Crippen LogP contribution in [0.15, 0.2) is 53.3 Å². The Morgan fingerprint density at radius 1 is 1.14 bits per heavy atom. The number of hydrogen-bond acceptors (Lipinski definition) is 2. The highest BCUT2D eigenvalue weighted by molar-refractivity contribution is 6.36. The molecule has 0 amide bonds. The number of rotatable bonds is 2. The summed E-state index contributed by atoms with van der Waals surface area (Å²) < 4.78 is 1.65. The lowest BCUT2D eigenvalue weighted by Crippen LogP contribution is -2.25. The minimum absolute atomic E-state index is 0.135. The Morgan fingerprint density at radius 3 is 2.45 bits per heavy atom. The van der Waals surface area contributed by atoms with Gasteiger partial charge in [0.15, 0.2) is 0 Å². The van der Waals surface area contributed by atoms with Crippen LogP contribution >= 0.6 is 11.6 Å². The van der Waals surface area contributed by atoms with Crippen LogP contribution in [0.2, 0.25) is 5.02 Å². The van der Waals surface area contributed by atoms with Crippen molar-refractivity contribution in [3.05, 3.63) is 75.2 Å². The molecule has 4 heteroatoms. The normalized spacial score (nSPS) is 12.5. The van der Waals surface area contributed by atoms with Crippen molar-refractivity contribution in [2.24, 2.45) is 5.73 Å². The summed E-state index contributed by atoms with van der Waals surface area (Å²) in [6.07, 6.45) is 0. The van der Waals surface area contributed by atoms with Crippen LogP contribution in [-0.2, 0) is 0 Å². The number of benzene rings is 2. The summed E-state index contributed by atoms with van der Waals surface area (Å²) in [5, 5.41) is 1.86. The fourth-order valence-corrected chi connectivity index (χ4v) is 2.92. The Bertz CT molecular complexity index is 898. The van der Waals surface area contributed by atoms with E-state index in [1.807, 2.05) is 62.4 Å². The number of nitrogens with zero attached hydrogens (tertiary/aromatic N) is 1. The molecule has 0 saturated heterocycles. The summed E-state index contributed by atoms with van der Waals surface area (Å²) in [5.74, 6) is 0. The zero-order valence-electron chi connectivity index (χ0n) is 12.5. The van der Waals surface area contributed by atoms with Gasteiger partial charge in [0, 0.05) is 17.4 Å². The fourth-order valence-electron chi connectivity index (χ4n) is 2.66. The largest absolute Gasteiger partial charge is 0.323 e. The average Bonchev–Trinajstić information content (AvgIpc) is 2.51. The van der Waals surface area contributed by atoms with Crippen LogP contribution < -0.4 is 11.3 Å². The molecule has 0 saturated carbocycles. The number of pyridine rings is 1. The summed E-state index contributed by atoms with van der Waals surface area (Å²) in [6, 6.07) is 15.0. The van der Waals surface area contributed by atoms with E-state index in [1.54, 1.807) is 4.57 Å². The molecule has 1 atom stereocenters. The van der Waals surface area contributed by atoms with Crippen LogP contribution in [0.1, 0.15) is 24.2 Å². The molecule has 0 aliphatic rings. The zero-order chi connectivity index (χ0) is 15.9. The first-order chi connectivity index (χ1) is 10.5. The Labute approximate surface area is 133 Å². The lowest BCUT2D eigenvalue weighted by atomic mass is 10.1. The van der Waals surface area contributed by atoms with Crippen molar-refractivity contribution in [3.63, 3.8) is 0 Å². The molecule has 3 aromatic rings. The third-order valence-corrected chi connectivity index (χ3v) is 4.31. The van der Waals surface area contributed by atoms with E-state index in [1.165, 1.54) is 0 Å². The predicted octanol–water partition coefficient (Wildman–Crippen LogP) is 3.97. The molecule has 0 aliphatic heterocycles. The molecule has 0 aliphatic carbocycles. The van der Waals surface area contributed by atoms with E-state index in [2.05, 4.69) is 0 Å². The van der Waals surface area contributed by atoms with Crippen LogP contribution in [0.5, 0.6) is 0 Å². The van der Waals surface area contributed by atoms with E-state index in [0.29, 0.717) is 10.4 Å². The first-order valence-electron chi connectivity index (χ1n) is 7.16. The molecule has 1 aromatic heterocycles. The second-order valence-corrected chi connectivity index (χ2v) is 5.87. The van der Waals surface area contributed by atoms with Crippen molar-refractivity contribution in [2.45, 2.75) is 19.9 Å². The van der Waals surface area contributed by atoms with Crippen LogP contribution in [0, 0.1) is 6.92 Å². The smallest absolute Gasteiger partial charge is 0.264 e. The summed E-state index contributed by atoms with van der Waals surface area (Å²) in [7, 11) is 0. The Kier molecular flexibility index (Phi) is 3.77. The van der Waals surface area contributed by atoms with Crippen molar-refractivity contribution < 1.29 is 0 Å². The van der Waals surface area contributed by atoms with Crippen LogP contribution in [0.25, 0.3) is 16.5 Å². The van der Waals surface area contributed by atoms with Gasteiger partial charge in [-0.05, 0) is 43.0 Å². The van der Waals surface area contributed by atoms with Gasteiger partial charge in [0.2, 0.25) is 0 Å². The lowest BCUT2D eigenvalue weighted by Gasteiger charge is -2.18. The highest BCUT2D eigenvalue weighted by Crippen LogP contribution is 2.27. The average molecular weight is 313 g/mol. The molecule has 3 rings (SSSR count). The standard InChI is InChI=1S/C18H17ClN2O/c1-11-8-9-13-10-15(12(2)20)21(14-6-4-3-5-7-14)18(22)16(13)17(11)19/h3-10,12H,20H2,1-2H3/t12-/m0/s1. The molecule has 22 heavy (non-hydrogen) atoms.